The van der Waals surface area contributed by atoms with E-state index in [0.717, 1.165) is 25.7 Å². The SMILES string of the molecule is CCN(c1ccccc1)S(=O)(=O)c1ccc(OC(=O)C2CCCC2)cc1. The van der Waals surface area contributed by atoms with Crippen molar-refractivity contribution in [2.75, 3.05) is 10.8 Å². The van der Waals surface area contributed by atoms with E-state index >= 15 is 0 Å². The smallest absolute Gasteiger partial charge is 0.314 e. The van der Waals surface area contributed by atoms with Gasteiger partial charge in [-0.25, -0.2) is 8.42 Å². The Bertz CT molecular complexity index is 841. The molecule has 1 aliphatic rings. The third-order valence-corrected chi connectivity index (χ3v) is 6.57. The summed E-state index contributed by atoms with van der Waals surface area (Å²) in [6.07, 6.45) is 3.86. The molecule has 0 saturated heterocycles. The molecule has 5 nitrogen and oxygen atoms in total. The van der Waals surface area contributed by atoms with Gasteiger partial charge in [0.15, 0.2) is 0 Å². The van der Waals surface area contributed by atoms with E-state index in [-0.39, 0.29) is 16.8 Å². The summed E-state index contributed by atoms with van der Waals surface area (Å²) in [6, 6.07) is 15.0. The maximum atomic E-state index is 12.9. The molecular formula is C20H23NO4S. The van der Waals surface area contributed by atoms with Crippen LogP contribution >= 0.6 is 0 Å². The van der Waals surface area contributed by atoms with Crippen molar-refractivity contribution in [3.8, 4) is 5.75 Å². The van der Waals surface area contributed by atoms with Gasteiger partial charge in [0.25, 0.3) is 10.0 Å². The van der Waals surface area contributed by atoms with E-state index in [0.29, 0.717) is 18.0 Å². The van der Waals surface area contributed by atoms with Gasteiger partial charge in [-0.15, -0.1) is 0 Å². The van der Waals surface area contributed by atoms with Gasteiger partial charge in [0.05, 0.1) is 16.5 Å². The number of benzene rings is 2. The van der Waals surface area contributed by atoms with Crippen molar-refractivity contribution in [2.45, 2.75) is 37.5 Å². The van der Waals surface area contributed by atoms with Crippen molar-refractivity contribution >= 4 is 21.7 Å². The molecule has 0 heterocycles. The molecule has 0 aliphatic heterocycles. The van der Waals surface area contributed by atoms with E-state index in [2.05, 4.69) is 0 Å². The number of para-hydroxylation sites is 1. The molecule has 0 amide bonds. The van der Waals surface area contributed by atoms with Gasteiger partial charge in [-0.3, -0.25) is 9.10 Å². The molecule has 0 radical (unpaired) electrons. The maximum Gasteiger partial charge on any atom is 0.314 e. The molecule has 1 saturated carbocycles. The fourth-order valence-electron chi connectivity index (χ4n) is 3.25. The summed E-state index contributed by atoms with van der Waals surface area (Å²) in [5.41, 5.74) is 0.617. The quantitative estimate of drug-likeness (QED) is 0.567. The second-order valence-electron chi connectivity index (χ2n) is 6.38. The van der Waals surface area contributed by atoms with Crippen LogP contribution in [-0.4, -0.2) is 20.9 Å². The summed E-state index contributed by atoms with van der Waals surface area (Å²) in [6.45, 7) is 2.12. The Labute approximate surface area is 154 Å². The minimum absolute atomic E-state index is 0.0351. The standard InChI is InChI=1S/C20H23NO4S/c1-2-21(17-10-4-3-5-11-17)26(23,24)19-14-12-18(13-15-19)25-20(22)16-8-6-7-9-16/h3-5,10-16H,2,6-9H2,1H3. The molecule has 2 aromatic carbocycles. The van der Waals surface area contributed by atoms with Crippen LogP contribution in [0.1, 0.15) is 32.6 Å². The number of carbonyl (C=O) groups is 1. The van der Waals surface area contributed by atoms with Crippen LogP contribution in [0.5, 0.6) is 5.75 Å². The number of sulfonamides is 1. The summed E-state index contributed by atoms with van der Waals surface area (Å²) in [5.74, 6) is 0.119. The molecule has 0 spiro atoms. The van der Waals surface area contributed by atoms with Crippen LogP contribution in [0.3, 0.4) is 0 Å². The molecule has 0 unspecified atom stereocenters. The molecule has 3 rings (SSSR count). The fourth-order valence-corrected chi connectivity index (χ4v) is 4.73. The Kier molecular flexibility index (Phi) is 5.61. The van der Waals surface area contributed by atoms with Gasteiger partial charge in [-0.05, 0) is 56.2 Å². The molecule has 1 fully saturated rings. The minimum atomic E-state index is -3.67. The Morgan fingerprint density at radius 3 is 2.23 bits per heavy atom. The molecule has 0 aromatic heterocycles. The highest BCUT2D eigenvalue weighted by Gasteiger charge is 2.26. The number of esters is 1. The summed E-state index contributed by atoms with van der Waals surface area (Å²) in [4.78, 5) is 12.3. The van der Waals surface area contributed by atoms with Crippen LogP contribution in [0.2, 0.25) is 0 Å². The van der Waals surface area contributed by atoms with Gasteiger partial charge < -0.3 is 4.74 Å². The molecule has 6 heteroatoms. The lowest BCUT2D eigenvalue weighted by atomic mass is 10.1. The summed E-state index contributed by atoms with van der Waals surface area (Å²) >= 11 is 0. The second kappa shape index (κ2) is 7.91. The van der Waals surface area contributed by atoms with Gasteiger partial charge in [-0.1, -0.05) is 31.0 Å². The third kappa shape index (κ3) is 3.90. The molecule has 1 aliphatic carbocycles. The van der Waals surface area contributed by atoms with Gasteiger partial charge in [0.2, 0.25) is 0 Å². The monoisotopic (exact) mass is 373 g/mol. The number of rotatable bonds is 6. The molecule has 0 atom stereocenters. The molecular weight excluding hydrogens is 350 g/mol. The predicted molar refractivity (Wildman–Crippen MR) is 101 cm³/mol. The van der Waals surface area contributed by atoms with Crippen molar-refractivity contribution in [3.63, 3.8) is 0 Å². The number of ether oxygens (including phenoxy) is 1. The molecule has 0 bridgehead atoms. The van der Waals surface area contributed by atoms with Gasteiger partial charge in [-0.2, -0.15) is 0 Å². The van der Waals surface area contributed by atoms with E-state index in [1.807, 2.05) is 6.07 Å². The van der Waals surface area contributed by atoms with Gasteiger partial charge in [0.1, 0.15) is 5.75 Å². The van der Waals surface area contributed by atoms with E-state index in [4.69, 9.17) is 4.74 Å². The van der Waals surface area contributed by atoms with Gasteiger partial charge in [0, 0.05) is 6.54 Å². The first-order valence-corrected chi connectivity index (χ1v) is 10.4. The largest absolute Gasteiger partial charge is 0.426 e. The van der Waals surface area contributed by atoms with Crippen LogP contribution in [-0.2, 0) is 14.8 Å². The Morgan fingerprint density at radius 1 is 1.04 bits per heavy atom. The van der Waals surface area contributed by atoms with Gasteiger partial charge >= 0.3 is 5.97 Å². The van der Waals surface area contributed by atoms with Crippen molar-refractivity contribution < 1.29 is 17.9 Å². The number of hydrogen-bond acceptors (Lipinski definition) is 4. The van der Waals surface area contributed by atoms with Crippen LogP contribution in [0.4, 0.5) is 5.69 Å². The lowest BCUT2D eigenvalue weighted by molar-refractivity contribution is -0.138. The lowest BCUT2D eigenvalue weighted by Gasteiger charge is -2.23. The van der Waals surface area contributed by atoms with Crippen LogP contribution in [0.25, 0.3) is 0 Å². The third-order valence-electron chi connectivity index (χ3n) is 4.65. The van der Waals surface area contributed by atoms with E-state index in [1.54, 1.807) is 43.3 Å². The topological polar surface area (TPSA) is 63.7 Å². The average Bonchev–Trinajstić information content (AvgIpc) is 3.18. The molecule has 138 valence electrons. The first-order chi connectivity index (χ1) is 12.5. The molecule has 0 N–H and O–H groups in total. The van der Waals surface area contributed by atoms with E-state index < -0.39 is 10.0 Å². The second-order valence-corrected chi connectivity index (χ2v) is 8.24. The van der Waals surface area contributed by atoms with Crippen molar-refractivity contribution in [1.82, 2.24) is 0 Å². The normalized spacial score (nSPS) is 15.0. The highest BCUT2D eigenvalue weighted by Crippen LogP contribution is 2.28. The Hall–Kier alpha value is -2.34. The lowest BCUT2D eigenvalue weighted by Crippen LogP contribution is -2.30. The fraction of sp³-hybridized carbons (Fsp3) is 0.350. The highest BCUT2D eigenvalue weighted by atomic mass is 32.2. The number of carbonyl (C=O) groups excluding carboxylic acids is 1. The van der Waals surface area contributed by atoms with E-state index in [9.17, 15) is 13.2 Å². The van der Waals surface area contributed by atoms with Crippen LogP contribution in [0, 0.1) is 5.92 Å². The predicted octanol–water partition coefficient (Wildman–Crippen LogP) is 4.00. The molecule has 2 aromatic rings. The first kappa shape index (κ1) is 18.5. The van der Waals surface area contributed by atoms with Crippen LogP contribution < -0.4 is 9.04 Å². The average molecular weight is 373 g/mol. The minimum Gasteiger partial charge on any atom is -0.426 e. The maximum absolute atomic E-state index is 12.9. The summed E-state index contributed by atoms with van der Waals surface area (Å²) in [7, 11) is -3.67. The Morgan fingerprint density at radius 2 is 1.65 bits per heavy atom. The summed E-state index contributed by atoms with van der Waals surface area (Å²) < 4.78 is 32.6. The van der Waals surface area contributed by atoms with E-state index in [1.165, 1.54) is 16.4 Å². The number of anilines is 1. The number of hydrogen-bond donors (Lipinski definition) is 0. The molecule has 26 heavy (non-hydrogen) atoms. The Balaban J connectivity index is 1.77. The van der Waals surface area contributed by atoms with Crippen molar-refractivity contribution in [3.05, 3.63) is 54.6 Å². The first-order valence-electron chi connectivity index (χ1n) is 8.92. The zero-order valence-corrected chi connectivity index (χ0v) is 15.6. The zero-order valence-electron chi connectivity index (χ0n) is 14.8. The van der Waals surface area contributed by atoms with Crippen molar-refractivity contribution in [1.29, 1.82) is 0 Å². The highest BCUT2D eigenvalue weighted by molar-refractivity contribution is 7.92. The number of nitrogens with zero attached hydrogens (tertiary/aromatic N) is 1. The van der Waals surface area contributed by atoms with Crippen LogP contribution in [0.15, 0.2) is 59.5 Å². The van der Waals surface area contributed by atoms with Crippen molar-refractivity contribution in [2.24, 2.45) is 5.92 Å². The summed E-state index contributed by atoms with van der Waals surface area (Å²) in [5, 5.41) is 0. The zero-order chi connectivity index (χ0) is 18.6.